The smallest absolute Gasteiger partial charge is 0.343 e. The average Bonchev–Trinajstić information content (AvgIpc) is 2.98. The molecule has 1 heterocycles. The van der Waals surface area contributed by atoms with E-state index < -0.39 is 0 Å². The highest BCUT2D eigenvalue weighted by atomic mass is 16.5. The van der Waals surface area contributed by atoms with Gasteiger partial charge in [0.1, 0.15) is 11.5 Å². The van der Waals surface area contributed by atoms with Gasteiger partial charge in [-0.05, 0) is 36.3 Å². The molecule has 0 amide bonds. The molecule has 3 nitrogen and oxygen atoms in total. The highest BCUT2D eigenvalue weighted by Crippen LogP contribution is 2.27. The third-order valence-corrected chi connectivity index (χ3v) is 3.75. The first kappa shape index (κ1) is 16.1. The second kappa shape index (κ2) is 7.64. The van der Waals surface area contributed by atoms with Crippen molar-refractivity contribution in [2.24, 2.45) is 0 Å². The lowest BCUT2D eigenvalue weighted by Gasteiger charge is -2.05. The van der Waals surface area contributed by atoms with Gasteiger partial charge in [0.05, 0.1) is 12.2 Å². The van der Waals surface area contributed by atoms with Gasteiger partial charge < -0.3 is 9.47 Å². The summed E-state index contributed by atoms with van der Waals surface area (Å²) in [5.41, 5.74) is 2.39. The Morgan fingerprint density at radius 3 is 2.50 bits per heavy atom. The molecule has 1 aliphatic rings. The Bertz CT molecular complexity index is 755. The Morgan fingerprint density at radius 2 is 1.79 bits per heavy atom. The number of rotatable bonds is 6. The molecule has 0 saturated carbocycles. The average molecular weight is 320 g/mol. The first-order valence-corrected chi connectivity index (χ1v) is 8.20. The van der Waals surface area contributed by atoms with E-state index in [1.165, 1.54) is 0 Å². The predicted molar refractivity (Wildman–Crippen MR) is 95.3 cm³/mol. The van der Waals surface area contributed by atoms with Crippen molar-refractivity contribution in [2.75, 3.05) is 6.61 Å². The quantitative estimate of drug-likeness (QED) is 0.434. The number of carbonyl (C=O) groups is 1. The van der Waals surface area contributed by atoms with E-state index in [0.29, 0.717) is 11.3 Å². The molecule has 0 aliphatic carbocycles. The lowest BCUT2D eigenvalue weighted by atomic mass is 10.1. The number of cyclic esters (lactones) is 1. The van der Waals surface area contributed by atoms with Gasteiger partial charge in [-0.1, -0.05) is 55.8 Å². The summed E-state index contributed by atoms with van der Waals surface area (Å²) in [4.78, 5) is 12.0. The molecule has 24 heavy (non-hydrogen) atoms. The van der Waals surface area contributed by atoms with Gasteiger partial charge in [-0.3, -0.25) is 0 Å². The molecule has 0 saturated heterocycles. The number of hydrogen-bond acceptors (Lipinski definition) is 3. The fourth-order valence-electron chi connectivity index (χ4n) is 2.41. The Balaban J connectivity index is 1.73. The number of unbranched alkanes of at least 4 members (excludes halogenated alkanes) is 1. The molecule has 0 atom stereocenters. The Labute approximate surface area is 142 Å². The minimum absolute atomic E-state index is 0.322. The standard InChI is InChI=1S/C21H20O3/c1-2-3-13-23-19-11-9-16(10-12-19)14-18-15-20(24-21(18)22)17-7-5-4-6-8-17/h4-12,14-15H,2-3,13H2,1H3. The first-order chi connectivity index (χ1) is 11.8. The minimum atomic E-state index is -0.322. The van der Waals surface area contributed by atoms with Crippen molar-refractivity contribution in [3.63, 3.8) is 0 Å². The number of esters is 1. The summed E-state index contributed by atoms with van der Waals surface area (Å²) in [6.07, 6.45) is 5.77. The van der Waals surface area contributed by atoms with E-state index in [0.717, 1.165) is 36.3 Å². The van der Waals surface area contributed by atoms with Gasteiger partial charge in [-0.2, -0.15) is 0 Å². The lowest BCUT2D eigenvalue weighted by molar-refractivity contribution is -0.130. The summed E-state index contributed by atoms with van der Waals surface area (Å²) in [5.74, 6) is 1.11. The van der Waals surface area contributed by atoms with Gasteiger partial charge in [-0.25, -0.2) is 4.79 Å². The van der Waals surface area contributed by atoms with Crippen LogP contribution in [-0.2, 0) is 9.53 Å². The summed E-state index contributed by atoms with van der Waals surface area (Å²) < 4.78 is 11.0. The van der Waals surface area contributed by atoms with Crippen LogP contribution in [0.2, 0.25) is 0 Å². The predicted octanol–water partition coefficient (Wildman–Crippen LogP) is 4.85. The summed E-state index contributed by atoms with van der Waals surface area (Å²) >= 11 is 0. The van der Waals surface area contributed by atoms with Crippen LogP contribution in [0, 0.1) is 0 Å². The fraction of sp³-hybridized carbons (Fsp3) is 0.190. The monoisotopic (exact) mass is 320 g/mol. The first-order valence-electron chi connectivity index (χ1n) is 8.20. The topological polar surface area (TPSA) is 35.5 Å². The third kappa shape index (κ3) is 3.93. The number of benzene rings is 2. The largest absolute Gasteiger partial charge is 0.494 e. The van der Waals surface area contributed by atoms with Crippen molar-refractivity contribution < 1.29 is 14.3 Å². The summed E-state index contributed by atoms with van der Waals surface area (Å²) in [5, 5.41) is 0. The SMILES string of the molecule is CCCCOc1ccc(C=C2C=C(c3ccccc3)OC2=O)cc1. The van der Waals surface area contributed by atoms with E-state index in [9.17, 15) is 4.79 Å². The molecule has 0 aromatic heterocycles. The van der Waals surface area contributed by atoms with Gasteiger partial charge in [0, 0.05) is 5.56 Å². The molecule has 0 N–H and O–H groups in total. The molecule has 1 aliphatic heterocycles. The van der Waals surface area contributed by atoms with Crippen molar-refractivity contribution in [2.45, 2.75) is 19.8 Å². The molecular weight excluding hydrogens is 300 g/mol. The normalized spacial score (nSPS) is 15.3. The molecule has 2 aromatic rings. The highest BCUT2D eigenvalue weighted by molar-refractivity contribution is 6.05. The van der Waals surface area contributed by atoms with Crippen LogP contribution >= 0.6 is 0 Å². The van der Waals surface area contributed by atoms with Crippen LogP contribution in [0.1, 0.15) is 30.9 Å². The Hall–Kier alpha value is -2.81. The van der Waals surface area contributed by atoms with Crippen LogP contribution in [0.4, 0.5) is 0 Å². The van der Waals surface area contributed by atoms with Gasteiger partial charge >= 0.3 is 5.97 Å². The molecule has 0 unspecified atom stereocenters. The van der Waals surface area contributed by atoms with Gasteiger partial charge in [0.25, 0.3) is 0 Å². The van der Waals surface area contributed by atoms with Crippen molar-refractivity contribution in [3.8, 4) is 5.75 Å². The number of carbonyl (C=O) groups excluding carboxylic acids is 1. The molecule has 2 aromatic carbocycles. The second-order valence-electron chi connectivity index (χ2n) is 5.63. The van der Waals surface area contributed by atoms with Crippen molar-refractivity contribution in [3.05, 3.63) is 77.4 Å². The van der Waals surface area contributed by atoms with E-state index in [1.54, 1.807) is 6.08 Å². The van der Waals surface area contributed by atoms with Crippen LogP contribution in [0.25, 0.3) is 11.8 Å². The Kier molecular flexibility index (Phi) is 5.12. The molecule has 3 heteroatoms. The van der Waals surface area contributed by atoms with E-state index in [4.69, 9.17) is 9.47 Å². The van der Waals surface area contributed by atoms with Crippen molar-refractivity contribution in [1.29, 1.82) is 0 Å². The van der Waals surface area contributed by atoms with Crippen LogP contribution in [0.15, 0.2) is 66.2 Å². The molecular formula is C21H20O3. The second-order valence-corrected chi connectivity index (χ2v) is 5.63. The maximum atomic E-state index is 12.0. The molecule has 3 rings (SSSR count). The molecule has 0 spiro atoms. The van der Waals surface area contributed by atoms with E-state index in [2.05, 4.69) is 6.92 Å². The molecule has 0 radical (unpaired) electrons. The number of hydrogen-bond donors (Lipinski definition) is 0. The van der Waals surface area contributed by atoms with Crippen LogP contribution in [-0.4, -0.2) is 12.6 Å². The fourth-order valence-corrected chi connectivity index (χ4v) is 2.41. The van der Waals surface area contributed by atoms with Gasteiger partial charge in [-0.15, -0.1) is 0 Å². The van der Waals surface area contributed by atoms with Crippen LogP contribution in [0.5, 0.6) is 5.75 Å². The van der Waals surface area contributed by atoms with Crippen LogP contribution in [0.3, 0.4) is 0 Å². The maximum absolute atomic E-state index is 12.0. The lowest BCUT2D eigenvalue weighted by Crippen LogP contribution is -1.97. The van der Waals surface area contributed by atoms with Crippen LogP contribution < -0.4 is 4.74 Å². The van der Waals surface area contributed by atoms with Gasteiger partial charge in [0.15, 0.2) is 0 Å². The zero-order chi connectivity index (χ0) is 16.8. The van der Waals surface area contributed by atoms with Gasteiger partial charge in [0.2, 0.25) is 0 Å². The molecule has 0 bridgehead atoms. The summed E-state index contributed by atoms with van der Waals surface area (Å²) in [6, 6.07) is 17.3. The zero-order valence-corrected chi connectivity index (χ0v) is 13.7. The molecule has 0 fully saturated rings. The van der Waals surface area contributed by atoms with Crippen molar-refractivity contribution >= 4 is 17.8 Å². The van der Waals surface area contributed by atoms with E-state index in [-0.39, 0.29) is 5.97 Å². The zero-order valence-electron chi connectivity index (χ0n) is 13.7. The van der Waals surface area contributed by atoms with E-state index >= 15 is 0 Å². The number of ether oxygens (including phenoxy) is 2. The van der Waals surface area contributed by atoms with E-state index in [1.807, 2.05) is 60.7 Å². The maximum Gasteiger partial charge on any atom is 0.343 e. The third-order valence-electron chi connectivity index (χ3n) is 3.75. The van der Waals surface area contributed by atoms with Crippen molar-refractivity contribution in [1.82, 2.24) is 0 Å². The summed E-state index contributed by atoms with van der Waals surface area (Å²) in [7, 11) is 0. The Morgan fingerprint density at radius 1 is 1.04 bits per heavy atom. The minimum Gasteiger partial charge on any atom is -0.494 e. The summed E-state index contributed by atoms with van der Waals surface area (Å²) in [6.45, 7) is 2.86. The molecule has 122 valence electrons. The highest BCUT2D eigenvalue weighted by Gasteiger charge is 2.21.